The molecule has 1 aromatic heterocycles. The van der Waals surface area contributed by atoms with Gasteiger partial charge in [0, 0.05) is 71.7 Å². The number of guanidine groups is 2. The molecular formula is C51H74N14O11S. The van der Waals surface area contributed by atoms with Crippen molar-refractivity contribution in [2.24, 2.45) is 32.9 Å². The van der Waals surface area contributed by atoms with Gasteiger partial charge in [-0.15, -0.1) is 0 Å². The number of carboxylic acids is 1. The standard InChI is InChI=1S/C51H74N14O11S/c1-60(31-42(68)7-3-27-77)44(70)32-64(26-18-49(75)76)47(73)36-65(30-39-6-2-19-56-28-39)48(74)35-62(24-5-21-59-51(54)55)45(71)33-61(23-4-20-58-50(52)53)46(72)34-63(25-17-38-10-14-41(67)15-11-38)43(69)29-57-22-16-37-8-12-40(66)13-9-37/h2,6,8-15,19,28,57,66-67,77H,3-5,7,16-18,20-27,29-36H2,1H3,(H,75,76)(H4,52,53,58)(H4,54,55,59). The van der Waals surface area contributed by atoms with E-state index in [9.17, 15) is 53.7 Å². The second kappa shape index (κ2) is 34.5. The lowest BCUT2D eigenvalue weighted by Crippen LogP contribution is -2.52. The van der Waals surface area contributed by atoms with Crippen molar-refractivity contribution in [3.05, 3.63) is 89.7 Å². The molecule has 0 bridgehead atoms. The molecule has 0 spiro atoms. The number of aliphatic imine (C=N–C) groups is 2. The van der Waals surface area contributed by atoms with E-state index in [4.69, 9.17) is 22.9 Å². The number of nitrogens with zero attached hydrogens (tertiary/aromatic N) is 9. The monoisotopic (exact) mass is 1090 g/mol. The van der Waals surface area contributed by atoms with Crippen LogP contribution in [0.15, 0.2) is 83.0 Å². The van der Waals surface area contributed by atoms with Crippen molar-refractivity contribution in [1.82, 2.24) is 39.7 Å². The number of Topliss-reactive ketones (excluding diaryl/α,β-unsaturated/α-hetero) is 1. The van der Waals surface area contributed by atoms with Crippen LogP contribution in [0.2, 0.25) is 0 Å². The molecule has 2 aromatic carbocycles. The van der Waals surface area contributed by atoms with Gasteiger partial charge in [0.1, 0.15) is 18.0 Å². The number of aromatic nitrogens is 1. The molecule has 0 fully saturated rings. The molecule has 25 nitrogen and oxygen atoms in total. The maximum Gasteiger partial charge on any atom is 0.305 e. The number of thiol groups is 1. The predicted octanol–water partition coefficient (Wildman–Crippen LogP) is -1.25. The first-order valence-corrected chi connectivity index (χ1v) is 25.6. The Morgan fingerprint density at radius 2 is 1.05 bits per heavy atom. The Bertz CT molecular complexity index is 2440. The summed E-state index contributed by atoms with van der Waals surface area (Å²) in [6.45, 7) is -3.53. The van der Waals surface area contributed by atoms with E-state index in [2.05, 4.69) is 32.9 Å². The molecule has 3 aromatic rings. The van der Waals surface area contributed by atoms with Crippen molar-refractivity contribution in [2.75, 3.05) is 104 Å². The second-order valence-electron chi connectivity index (χ2n) is 18.0. The van der Waals surface area contributed by atoms with E-state index < -0.39 is 87.1 Å². The van der Waals surface area contributed by atoms with E-state index in [1.54, 1.807) is 48.5 Å². The van der Waals surface area contributed by atoms with Gasteiger partial charge in [0.25, 0.3) is 0 Å². The summed E-state index contributed by atoms with van der Waals surface area (Å²) in [4.78, 5) is 128. The minimum absolute atomic E-state index is 0.0439. The maximum absolute atomic E-state index is 14.6. The van der Waals surface area contributed by atoms with Crippen molar-refractivity contribution in [2.45, 2.75) is 51.5 Å². The zero-order valence-electron chi connectivity index (χ0n) is 43.6. The Hall–Kier alpha value is -8.00. The largest absolute Gasteiger partial charge is 0.508 e. The van der Waals surface area contributed by atoms with Crippen molar-refractivity contribution in [3.63, 3.8) is 0 Å². The number of hydrogen-bond acceptors (Lipinski definition) is 15. The zero-order chi connectivity index (χ0) is 56.7. The fourth-order valence-corrected chi connectivity index (χ4v) is 7.61. The van der Waals surface area contributed by atoms with Gasteiger partial charge in [0.15, 0.2) is 17.7 Å². The first-order chi connectivity index (χ1) is 36.7. The summed E-state index contributed by atoms with van der Waals surface area (Å²) in [6.07, 6.45) is 4.29. The van der Waals surface area contributed by atoms with Crippen molar-refractivity contribution in [3.8, 4) is 11.5 Å². The third-order valence-corrected chi connectivity index (χ3v) is 12.0. The highest BCUT2D eigenvalue weighted by Crippen LogP contribution is 2.13. The second-order valence-corrected chi connectivity index (χ2v) is 18.4. The third kappa shape index (κ3) is 25.9. The summed E-state index contributed by atoms with van der Waals surface area (Å²) in [5.74, 6) is -5.19. The number of likely N-dealkylation sites (N-methyl/N-ethyl adjacent to an activating group) is 1. The van der Waals surface area contributed by atoms with Crippen LogP contribution in [0.1, 0.15) is 48.8 Å². The molecule has 0 unspecified atom stereocenters. The van der Waals surface area contributed by atoms with Crippen LogP contribution >= 0.6 is 12.6 Å². The van der Waals surface area contributed by atoms with Crippen LogP contribution < -0.4 is 28.3 Å². The van der Waals surface area contributed by atoms with Gasteiger partial charge < -0.3 is 73.0 Å². The highest BCUT2D eigenvalue weighted by Gasteiger charge is 2.30. The minimum Gasteiger partial charge on any atom is -0.508 e. The Morgan fingerprint density at radius 3 is 1.55 bits per heavy atom. The number of carboxylic acid groups (broad SMARTS) is 1. The average molecular weight is 1090 g/mol. The van der Waals surface area contributed by atoms with E-state index in [1.165, 1.54) is 46.3 Å². The number of pyridine rings is 1. The summed E-state index contributed by atoms with van der Waals surface area (Å²) in [7, 11) is 1.38. The predicted molar refractivity (Wildman–Crippen MR) is 291 cm³/mol. The number of aromatic hydroxyl groups is 2. The number of phenolic OH excluding ortho intramolecular Hbond substituents is 2. The number of nitrogens with two attached hydrogens (primary N) is 4. The highest BCUT2D eigenvalue weighted by molar-refractivity contribution is 7.80. The molecule has 6 amide bonds. The number of ketones is 1. The van der Waals surface area contributed by atoms with Gasteiger partial charge in [-0.3, -0.25) is 53.3 Å². The van der Waals surface area contributed by atoms with E-state index >= 15 is 0 Å². The molecule has 12 N–H and O–H groups in total. The number of benzene rings is 2. The van der Waals surface area contributed by atoms with E-state index in [0.717, 1.165) is 25.8 Å². The van der Waals surface area contributed by atoms with Crippen molar-refractivity contribution in [1.29, 1.82) is 0 Å². The van der Waals surface area contributed by atoms with Crippen LogP contribution in [0.3, 0.4) is 0 Å². The average Bonchev–Trinajstić information content (AvgIpc) is 3.39. The number of rotatable bonds is 36. The molecule has 1 heterocycles. The maximum atomic E-state index is 14.6. The summed E-state index contributed by atoms with van der Waals surface area (Å²) in [5, 5.41) is 32.2. The summed E-state index contributed by atoms with van der Waals surface area (Å²) in [6, 6.07) is 16.3. The number of nitrogens with one attached hydrogen (secondary N) is 1. The van der Waals surface area contributed by atoms with Gasteiger partial charge in [0.05, 0.1) is 45.7 Å². The first kappa shape index (κ1) is 63.3. The van der Waals surface area contributed by atoms with Crippen LogP contribution in [0.4, 0.5) is 0 Å². The van der Waals surface area contributed by atoms with Gasteiger partial charge in [-0.1, -0.05) is 30.3 Å². The number of carbonyl (C=O) groups excluding carboxylic acids is 7. The normalized spacial score (nSPS) is 10.7. The number of carbonyl (C=O) groups is 8. The lowest BCUT2D eigenvalue weighted by atomic mass is 10.1. The summed E-state index contributed by atoms with van der Waals surface area (Å²) >= 11 is 4.12. The molecule has 0 radical (unpaired) electrons. The quantitative estimate of drug-likeness (QED) is 0.0142. The van der Waals surface area contributed by atoms with Crippen molar-refractivity contribution >= 4 is 71.7 Å². The van der Waals surface area contributed by atoms with Crippen LogP contribution in [-0.2, 0) is 57.7 Å². The Labute approximate surface area is 453 Å². The first-order valence-electron chi connectivity index (χ1n) is 25.0. The topological polar surface area (TPSA) is 370 Å². The minimum atomic E-state index is -1.25. The molecule has 0 saturated carbocycles. The van der Waals surface area contributed by atoms with Gasteiger partial charge in [0.2, 0.25) is 35.4 Å². The van der Waals surface area contributed by atoms with Crippen LogP contribution in [0.5, 0.6) is 11.5 Å². The number of hydrogen-bond donors (Lipinski definition) is 9. The lowest BCUT2D eigenvalue weighted by molar-refractivity contribution is -0.148. The number of aliphatic carboxylic acids is 1. The van der Waals surface area contributed by atoms with Gasteiger partial charge in [-0.05, 0) is 91.4 Å². The van der Waals surface area contributed by atoms with E-state index in [1.807, 2.05) is 0 Å². The number of amides is 6. The molecule has 0 saturated heterocycles. The smallest absolute Gasteiger partial charge is 0.305 e. The zero-order valence-corrected chi connectivity index (χ0v) is 44.5. The van der Waals surface area contributed by atoms with Crippen LogP contribution in [0, 0.1) is 0 Å². The highest BCUT2D eigenvalue weighted by atomic mass is 32.1. The van der Waals surface area contributed by atoms with Crippen LogP contribution in [0.25, 0.3) is 0 Å². The molecule has 420 valence electrons. The SMILES string of the molecule is CN(CC(=O)CCCS)C(=O)CN(CCC(=O)O)C(=O)CN(Cc1cccnc1)C(=O)CN(CCCN=C(N)N)C(=O)CN(CCCN=C(N)N)C(=O)CN(CCc1ccc(O)cc1)C(=O)CNCCc1ccc(O)cc1. The third-order valence-electron chi connectivity index (χ3n) is 11.7. The fraction of sp³-hybridized carbons (Fsp3) is 0.471. The van der Waals surface area contributed by atoms with Gasteiger partial charge >= 0.3 is 5.97 Å². The van der Waals surface area contributed by atoms with Gasteiger partial charge in [-0.2, -0.15) is 12.6 Å². The molecule has 3 rings (SSSR count). The molecule has 0 atom stereocenters. The fourth-order valence-electron chi connectivity index (χ4n) is 7.46. The molecular weight excluding hydrogens is 1020 g/mol. The Morgan fingerprint density at radius 1 is 0.571 bits per heavy atom. The molecule has 0 aliphatic heterocycles. The van der Waals surface area contributed by atoms with Gasteiger partial charge in [-0.25, -0.2) is 0 Å². The summed E-state index contributed by atoms with van der Waals surface area (Å²) in [5.41, 5.74) is 24.5. The summed E-state index contributed by atoms with van der Waals surface area (Å²) < 4.78 is 0. The van der Waals surface area contributed by atoms with E-state index in [-0.39, 0.29) is 101 Å². The van der Waals surface area contributed by atoms with Crippen LogP contribution in [-0.4, -0.2) is 213 Å². The number of phenols is 2. The van der Waals surface area contributed by atoms with E-state index in [0.29, 0.717) is 37.1 Å². The Kier molecular flexibility index (Phi) is 28.4. The van der Waals surface area contributed by atoms with Crippen molar-refractivity contribution < 1.29 is 53.7 Å². The molecule has 77 heavy (non-hydrogen) atoms. The molecule has 26 heteroatoms. The molecule has 0 aliphatic rings. The Balaban J connectivity index is 1.94. The lowest BCUT2D eigenvalue weighted by Gasteiger charge is -2.32. The molecule has 0 aliphatic carbocycles.